The van der Waals surface area contributed by atoms with Gasteiger partial charge in [-0.25, -0.2) is 0 Å². The molecule has 3 aromatic rings. The molecule has 1 aliphatic rings. The van der Waals surface area contributed by atoms with Crippen molar-refractivity contribution >= 4 is 12.4 Å². The van der Waals surface area contributed by atoms with Crippen LogP contribution in [0.4, 0.5) is 0 Å². The van der Waals surface area contributed by atoms with Crippen molar-refractivity contribution in [1.29, 1.82) is 0 Å². The van der Waals surface area contributed by atoms with E-state index in [-0.39, 0.29) is 12.4 Å². The van der Waals surface area contributed by atoms with E-state index in [1.807, 2.05) is 29.9 Å². The molecule has 0 saturated carbocycles. The molecule has 1 aromatic carbocycles. The fourth-order valence-corrected chi connectivity index (χ4v) is 2.74. The molecule has 0 saturated heterocycles. The highest BCUT2D eigenvalue weighted by atomic mass is 35.5. The summed E-state index contributed by atoms with van der Waals surface area (Å²) < 4.78 is 4.04. The quantitative estimate of drug-likeness (QED) is 0.784. The lowest BCUT2D eigenvalue weighted by Gasteiger charge is -2.15. The average Bonchev–Trinajstić information content (AvgIpc) is 3.11. The predicted octanol–water partition coefficient (Wildman–Crippen LogP) is 1.87. The van der Waals surface area contributed by atoms with Gasteiger partial charge in [0.05, 0.1) is 12.2 Å². The number of benzene rings is 1. The van der Waals surface area contributed by atoms with Crippen LogP contribution in [0.5, 0.6) is 0 Å². The van der Waals surface area contributed by atoms with Gasteiger partial charge >= 0.3 is 0 Å². The normalized spacial score (nSPS) is 13.5. The first-order chi connectivity index (χ1) is 10.3. The minimum atomic E-state index is 0. The van der Waals surface area contributed by atoms with Gasteiger partial charge < -0.3 is 9.88 Å². The van der Waals surface area contributed by atoms with Crippen LogP contribution in [-0.4, -0.2) is 31.1 Å². The number of halogens is 1. The number of hydrogen-bond donors (Lipinski definition) is 1. The van der Waals surface area contributed by atoms with Crippen molar-refractivity contribution in [3.05, 3.63) is 42.2 Å². The third-order valence-corrected chi connectivity index (χ3v) is 3.80. The second-order valence-corrected chi connectivity index (χ2v) is 5.17. The van der Waals surface area contributed by atoms with E-state index in [0.717, 1.165) is 48.2 Å². The number of hydrogen-bond acceptors (Lipinski definition) is 4. The predicted molar refractivity (Wildman–Crippen MR) is 86.6 cm³/mol. The average molecular weight is 317 g/mol. The molecule has 0 unspecified atom stereocenters. The van der Waals surface area contributed by atoms with Crippen LogP contribution in [0.1, 0.15) is 5.82 Å². The molecule has 0 fully saturated rings. The van der Waals surface area contributed by atoms with Crippen LogP contribution in [0.25, 0.3) is 22.8 Å². The molecule has 2 aromatic heterocycles. The molecule has 0 spiro atoms. The first-order valence-corrected chi connectivity index (χ1v) is 7.05. The highest BCUT2D eigenvalue weighted by molar-refractivity contribution is 5.85. The number of aryl methyl sites for hydroxylation is 1. The van der Waals surface area contributed by atoms with Gasteiger partial charge in [-0.3, -0.25) is 4.68 Å². The Hall–Kier alpha value is -2.18. The summed E-state index contributed by atoms with van der Waals surface area (Å²) in [6.07, 6.45) is 0. The van der Waals surface area contributed by atoms with Gasteiger partial charge in [-0.05, 0) is 11.6 Å². The van der Waals surface area contributed by atoms with Gasteiger partial charge in [0.1, 0.15) is 11.5 Å². The van der Waals surface area contributed by atoms with Crippen molar-refractivity contribution in [3.8, 4) is 22.8 Å². The molecule has 0 aliphatic carbocycles. The molecular weight excluding hydrogens is 300 g/mol. The second kappa shape index (κ2) is 5.90. The van der Waals surface area contributed by atoms with E-state index < -0.39 is 0 Å². The van der Waals surface area contributed by atoms with Crippen LogP contribution < -0.4 is 5.32 Å². The molecule has 6 nitrogen and oxygen atoms in total. The Morgan fingerprint density at radius 2 is 1.95 bits per heavy atom. The number of aromatic nitrogens is 5. The molecule has 22 heavy (non-hydrogen) atoms. The number of fused-ring (bicyclic) bond motifs is 1. The standard InChI is InChI=1S/C15H16N6.ClH/c1-20-13(11-5-3-2-4-6-11)9-12(19-20)15-18-17-14-10-16-7-8-21(14)15;/h2-6,9,16H,7-8,10H2,1H3;1H. The summed E-state index contributed by atoms with van der Waals surface area (Å²) in [4.78, 5) is 0. The molecule has 0 radical (unpaired) electrons. The molecule has 4 rings (SSSR count). The first-order valence-electron chi connectivity index (χ1n) is 7.05. The van der Waals surface area contributed by atoms with Crippen LogP contribution in [-0.2, 0) is 20.1 Å². The van der Waals surface area contributed by atoms with E-state index in [9.17, 15) is 0 Å². The van der Waals surface area contributed by atoms with Crippen LogP contribution in [0.3, 0.4) is 0 Å². The topological polar surface area (TPSA) is 60.6 Å². The maximum absolute atomic E-state index is 4.61. The van der Waals surface area contributed by atoms with Crippen LogP contribution in [0.15, 0.2) is 36.4 Å². The third kappa shape index (κ3) is 2.40. The smallest absolute Gasteiger partial charge is 0.184 e. The molecule has 0 atom stereocenters. The summed E-state index contributed by atoms with van der Waals surface area (Å²) >= 11 is 0. The summed E-state index contributed by atoms with van der Waals surface area (Å²) in [5.74, 6) is 1.83. The van der Waals surface area contributed by atoms with Crippen molar-refractivity contribution in [2.45, 2.75) is 13.1 Å². The maximum atomic E-state index is 4.61. The summed E-state index contributed by atoms with van der Waals surface area (Å²) in [6.45, 7) is 2.59. The number of rotatable bonds is 2. The van der Waals surface area contributed by atoms with Crippen molar-refractivity contribution in [3.63, 3.8) is 0 Å². The zero-order chi connectivity index (χ0) is 14.2. The maximum Gasteiger partial charge on any atom is 0.184 e. The Balaban J connectivity index is 0.00000144. The van der Waals surface area contributed by atoms with Gasteiger partial charge in [0.25, 0.3) is 0 Å². The minimum absolute atomic E-state index is 0. The molecule has 0 amide bonds. The van der Waals surface area contributed by atoms with Gasteiger partial charge in [0.2, 0.25) is 0 Å². The van der Waals surface area contributed by atoms with Crippen LogP contribution >= 0.6 is 12.4 Å². The Morgan fingerprint density at radius 3 is 2.77 bits per heavy atom. The Bertz CT molecular complexity index is 777. The van der Waals surface area contributed by atoms with Crippen molar-refractivity contribution in [2.24, 2.45) is 7.05 Å². The fraction of sp³-hybridized carbons (Fsp3) is 0.267. The third-order valence-electron chi connectivity index (χ3n) is 3.80. The van der Waals surface area contributed by atoms with E-state index in [0.29, 0.717) is 0 Å². The minimum Gasteiger partial charge on any atom is -0.308 e. The lowest BCUT2D eigenvalue weighted by atomic mass is 10.1. The van der Waals surface area contributed by atoms with Gasteiger partial charge in [-0.15, -0.1) is 22.6 Å². The highest BCUT2D eigenvalue weighted by Gasteiger charge is 2.19. The first kappa shape index (κ1) is 14.7. The largest absolute Gasteiger partial charge is 0.308 e. The van der Waals surface area contributed by atoms with E-state index >= 15 is 0 Å². The number of nitrogens with one attached hydrogen (secondary N) is 1. The van der Waals surface area contributed by atoms with Gasteiger partial charge in [0.15, 0.2) is 5.82 Å². The van der Waals surface area contributed by atoms with Crippen molar-refractivity contribution in [1.82, 2.24) is 29.9 Å². The summed E-state index contributed by atoms with van der Waals surface area (Å²) in [5, 5.41) is 16.5. The molecule has 7 heteroatoms. The lowest BCUT2D eigenvalue weighted by Crippen LogP contribution is -2.28. The summed E-state index contributed by atoms with van der Waals surface area (Å²) in [6, 6.07) is 12.3. The van der Waals surface area contributed by atoms with E-state index in [2.05, 4.69) is 43.4 Å². The molecule has 3 heterocycles. The van der Waals surface area contributed by atoms with Crippen molar-refractivity contribution in [2.75, 3.05) is 6.54 Å². The lowest BCUT2D eigenvalue weighted by molar-refractivity contribution is 0.508. The van der Waals surface area contributed by atoms with E-state index in [1.54, 1.807) is 0 Å². The SMILES string of the molecule is Cl.Cn1nc(-c2nnc3n2CCNC3)cc1-c1ccccc1. The van der Waals surface area contributed by atoms with Crippen LogP contribution in [0.2, 0.25) is 0 Å². The Morgan fingerprint density at radius 1 is 1.14 bits per heavy atom. The van der Waals surface area contributed by atoms with Gasteiger partial charge in [0, 0.05) is 20.1 Å². The van der Waals surface area contributed by atoms with Crippen LogP contribution in [0, 0.1) is 0 Å². The van der Waals surface area contributed by atoms with E-state index in [1.165, 1.54) is 0 Å². The highest BCUT2D eigenvalue weighted by Crippen LogP contribution is 2.25. The monoisotopic (exact) mass is 316 g/mol. The molecule has 114 valence electrons. The van der Waals surface area contributed by atoms with Gasteiger partial charge in [-0.1, -0.05) is 30.3 Å². The Labute approximate surface area is 134 Å². The molecule has 1 N–H and O–H groups in total. The molecular formula is C15H17ClN6. The van der Waals surface area contributed by atoms with E-state index in [4.69, 9.17) is 0 Å². The van der Waals surface area contributed by atoms with Gasteiger partial charge in [-0.2, -0.15) is 5.10 Å². The number of nitrogens with zero attached hydrogens (tertiary/aromatic N) is 5. The fourth-order valence-electron chi connectivity index (χ4n) is 2.74. The zero-order valence-corrected chi connectivity index (χ0v) is 13.0. The molecule has 0 bridgehead atoms. The molecule has 1 aliphatic heterocycles. The van der Waals surface area contributed by atoms with Crippen molar-refractivity contribution < 1.29 is 0 Å². The second-order valence-electron chi connectivity index (χ2n) is 5.17. The summed E-state index contributed by atoms with van der Waals surface area (Å²) in [7, 11) is 1.96. The Kier molecular flexibility index (Phi) is 3.96. The zero-order valence-electron chi connectivity index (χ0n) is 12.2. The summed E-state index contributed by atoms with van der Waals surface area (Å²) in [5.41, 5.74) is 3.10.